The molecule has 0 saturated heterocycles. The van der Waals surface area contributed by atoms with Gasteiger partial charge in [-0.25, -0.2) is 0 Å². The lowest BCUT2D eigenvalue weighted by Gasteiger charge is -2.31. The van der Waals surface area contributed by atoms with Gasteiger partial charge in [0, 0.05) is 31.7 Å². The van der Waals surface area contributed by atoms with Crippen LogP contribution in [0.5, 0.6) is 0 Å². The Morgan fingerprint density at radius 3 is 1.00 bits per heavy atom. The third kappa shape index (κ3) is 7.41. The van der Waals surface area contributed by atoms with E-state index < -0.39 is 0 Å². The van der Waals surface area contributed by atoms with Crippen LogP contribution in [0.1, 0.15) is 54.2 Å². The van der Waals surface area contributed by atoms with Crippen LogP contribution >= 0.6 is 31.9 Å². The monoisotopic (exact) mass is 770 g/mol. The van der Waals surface area contributed by atoms with Gasteiger partial charge in [0.2, 0.25) is 0 Å². The third-order valence-corrected chi connectivity index (χ3v) is 10.3. The molecule has 0 unspecified atom stereocenters. The molecule has 0 aliphatic rings. The molecule has 0 heterocycles. The molecule has 0 aliphatic heterocycles. The summed E-state index contributed by atoms with van der Waals surface area (Å²) in [5.74, 6) is 0. The zero-order chi connectivity index (χ0) is 35.0. The standard InChI is InChI=1S/C45H44Br2N2/c1-29-25-30(2)43(31(3)26-29)48(41-21-13-37(46)14-22-41)39-17-9-34(10-18-39)35-11-19-40(20-12-35)49(42-23-15-38(47)16-24-42)44-32(4)27-36(28-33(44)5)45(6,7)8/h9-28H,1-8H3. The van der Waals surface area contributed by atoms with Gasteiger partial charge in [-0.1, -0.05) is 107 Å². The Hall–Kier alpha value is -4.12. The van der Waals surface area contributed by atoms with Crippen LogP contribution in [0, 0.1) is 34.6 Å². The second-order valence-electron chi connectivity index (χ2n) is 14.2. The summed E-state index contributed by atoms with van der Waals surface area (Å²) in [4.78, 5) is 4.76. The third-order valence-electron chi connectivity index (χ3n) is 9.19. The molecule has 0 atom stereocenters. The van der Waals surface area contributed by atoms with Crippen molar-refractivity contribution in [1.82, 2.24) is 0 Å². The molecule has 0 saturated carbocycles. The van der Waals surface area contributed by atoms with Crippen LogP contribution < -0.4 is 9.80 Å². The summed E-state index contributed by atoms with van der Waals surface area (Å²) < 4.78 is 2.14. The SMILES string of the molecule is Cc1cc(C)c(N(c2ccc(Br)cc2)c2ccc(-c3ccc(N(c4ccc(Br)cc4)c4c(C)cc(C(C)(C)C)cc4C)cc3)cc2)c(C)c1. The number of anilines is 6. The Morgan fingerprint density at radius 2 is 0.694 bits per heavy atom. The number of aryl methyl sites for hydroxylation is 5. The lowest BCUT2D eigenvalue weighted by molar-refractivity contribution is 0.589. The van der Waals surface area contributed by atoms with Gasteiger partial charge in [-0.2, -0.15) is 0 Å². The van der Waals surface area contributed by atoms with Gasteiger partial charge < -0.3 is 9.80 Å². The van der Waals surface area contributed by atoms with Crippen LogP contribution in [-0.2, 0) is 5.41 Å². The van der Waals surface area contributed by atoms with E-state index in [2.05, 4.69) is 218 Å². The minimum Gasteiger partial charge on any atom is -0.310 e. The van der Waals surface area contributed by atoms with Gasteiger partial charge in [0.25, 0.3) is 0 Å². The molecule has 6 aromatic rings. The van der Waals surface area contributed by atoms with E-state index >= 15 is 0 Å². The molecule has 0 radical (unpaired) electrons. The Bertz CT molecular complexity index is 2040. The van der Waals surface area contributed by atoms with Crippen molar-refractivity contribution < 1.29 is 0 Å². The topological polar surface area (TPSA) is 6.48 Å². The molecule has 0 aromatic heterocycles. The van der Waals surface area contributed by atoms with Crippen LogP contribution in [0.25, 0.3) is 11.1 Å². The second-order valence-corrected chi connectivity index (χ2v) is 16.0. The Morgan fingerprint density at radius 1 is 0.408 bits per heavy atom. The molecule has 0 bridgehead atoms. The van der Waals surface area contributed by atoms with Crippen LogP contribution in [0.15, 0.2) is 130 Å². The highest BCUT2D eigenvalue weighted by Crippen LogP contribution is 2.43. The maximum absolute atomic E-state index is 3.63. The summed E-state index contributed by atoms with van der Waals surface area (Å²) in [7, 11) is 0. The number of benzene rings is 6. The van der Waals surface area contributed by atoms with E-state index in [0.29, 0.717) is 0 Å². The summed E-state index contributed by atoms with van der Waals surface area (Å²) in [5.41, 5.74) is 17.1. The maximum Gasteiger partial charge on any atom is 0.0520 e. The minimum absolute atomic E-state index is 0.0841. The number of halogens is 2. The van der Waals surface area contributed by atoms with Crippen LogP contribution in [0.3, 0.4) is 0 Å². The van der Waals surface area contributed by atoms with Crippen molar-refractivity contribution in [3.05, 3.63) is 164 Å². The molecule has 4 heteroatoms. The normalized spacial score (nSPS) is 11.5. The highest BCUT2D eigenvalue weighted by atomic mass is 79.9. The van der Waals surface area contributed by atoms with Crippen molar-refractivity contribution in [2.75, 3.05) is 9.80 Å². The van der Waals surface area contributed by atoms with Crippen molar-refractivity contribution >= 4 is 66.0 Å². The van der Waals surface area contributed by atoms with Crippen molar-refractivity contribution in [3.63, 3.8) is 0 Å². The first kappa shape index (κ1) is 34.7. The molecular weight excluding hydrogens is 728 g/mol. The quantitative estimate of drug-likeness (QED) is 0.159. The van der Waals surface area contributed by atoms with E-state index in [0.717, 1.165) is 31.7 Å². The average Bonchev–Trinajstić information content (AvgIpc) is 3.05. The predicted octanol–water partition coefficient (Wildman–Crippen LogP) is 14.7. The van der Waals surface area contributed by atoms with Crippen molar-refractivity contribution in [2.24, 2.45) is 0 Å². The minimum atomic E-state index is 0.0841. The molecule has 2 nitrogen and oxygen atoms in total. The number of hydrogen-bond acceptors (Lipinski definition) is 2. The zero-order valence-corrected chi connectivity index (χ0v) is 32.9. The van der Waals surface area contributed by atoms with Gasteiger partial charge in [0.1, 0.15) is 0 Å². The Kier molecular flexibility index (Phi) is 9.93. The van der Waals surface area contributed by atoms with E-state index in [9.17, 15) is 0 Å². The lowest BCUT2D eigenvalue weighted by Crippen LogP contribution is -2.16. The molecule has 6 aromatic carbocycles. The summed E-state index contributed by atoms with van der Waals surface area (Å²) in [6.45, 7) is 17.9. The molecule has 0 amide bonds. The van der Waals surface area contributed by atoms with Gasteiger partial charge in [-0.3, -0.25) is 0 Å². The number of rotatable bonds is 7. The van der Waals surface area contributed by atoms with Gasteiger partial charge in [-0.05, 0) is 152 Å². The smallest absolute Gasteiger partial charge is 0.0520 e. The van der Waals surface area contributed by atoms with Crippen molar-refractivity contribution in [1.29, 1.82) is 0 Å². The molecular formula is C45H44Br2N2. The fraction of sp³-hybridized carbons (Fsp3) is 0.200. The van der Waals surface area contributed by atoms with E-state index in [1.807, 2.05) is 0 Å². The number of nitrogens with zero attached hydrogens (tertiary/aromatic N) is 2. The Labute approximate surface area is 309 Å². The van der Waals surface area contributed by atoms with E-state index in [1.165, 1.54) is 55.9 Å². The number of hydrogen-bond donors (Lipinski definition) is 0. The average molecular weight is 773 g/mol. The summed E-state index contributed by atoms with van der Waals surface area (Å²) in [6, 6.07) is 44.3. The highest BCUT2D eigenvalue weighted by molar-refractivity contribution is 9.10. The fourth-order valence-corrected chi connectivity index (χ4v) is 7.40. The molecule has 0 aliphatic carbocycles. The Balaban J connectivity index is 1.38. The van der Waals surface area contributed by atoms with Gasteiger partial charge >= 0.3 is 0 Å². The first-order chi connectivity index (χ1) is 23.3. The summed E-state index contributed by atoms with van der Waals surface area (Å²) in [6.07, 6.45) is 0. The summed E-state index contributed by atoms with van der Waals surface area (Å²) >= 11 is 7.25. The highest BCUT2D eigenvalue weighted by Gasteiger charge is 2.22. The molecule has 0 N–H and O–H groups in total. The molecule has 6 rings (SSSR count). The first-order valence-corrected chi connectivity index (χ1v) is 18.4. The molecule has 49 heavy (non-hydrogen) atoms. The lowest BCUT2D eigenvalue weighted by atomic mass is 9.84. The van der Waals surface area contributed by atoms with Crippen LogP contribution in [0.2, 0.25) is 0 Å². The predicted molar refractivity (Wildman–Crippen MR) is 219 cm³/mol. The first-order valence-electron chi connectivity index (χ1n) is 16.8. The van der Waals surface area contributed by atoms with Crippen molar-refractivity contribution in [2.45, 2.75) is 60.8 Å². The van der Waals surface area contributed by atoms with Gasteiger partial charge in [0.15, 0.2) is 0 Å². The fourth-order valence-electron chi connectivity index (χ4n) is 6.87. The van der Waals surface area contributed by atoms with Gasteiger partial charge in [0.05, 0.1) is 11.4 Å². The second kappa shape index (κ2) is 14.0. The van der Waals surface area contributed by atoms with Crippen LogP contribution in [0.4, 0.5) is 34.1 Å². The summed E-state index contributed by atoms with van der Waals surface area (Å²) in [5, 5.41) is 0. The van der Waals surface area contributed by atoms with E-state index in [4.69, 9.17) is 0 Å². The molecule has 0 spiro atoms. The zero-order valence-electron chi connectivity index (χ0n) is 29.7. The maximum atomic E-state index is 3.63. The van der Waals surface area contributed by atoms with Gasteiger partial charge in [-0.15, -0.1) is 0 Å². The molecule has 0 fully saturated rings. The van der Waals surface area contributed by atoms with Crippen LogP contribution in [-0.4, -0.2) is 0 Å². The molecule has 248 valence electrons. The van der Waals surface area contributed by atoms with Crippen molar-refractivity contribution in [3.8, 4) is 11.1 Å². The van der Waals surface area contributed by atoms with E-state index in [-0.39, 0.29) is 5.41 Å². The largest absolute Gasteiger partial charge is 0.310 e. The van der Waals surface area contributed by atoms with E-state index in [1.54, 1.807) is 0 Å².